The van der Waals surface area contributed by atoms with E-state index in [0.29, 0.717) is 19.5 Å². The van der Waals surface area contributed by atoms with Crippen LogP contribution >= 0.6 is 11.3 Å². The average molecular weight is 239 g/mol. The molecule has 2 rings (SSSR count). The molecule has 1 saturated heterocycles. The highest BCUT2D eigenvalue weighted by Crippen LogP contribution is 2.15. The van der Waals surface area contributed by atoms with E-state index < -0.39 is 0 Å². The molecule has 1 aliphatic rings. The van der Waals surface area contributed by atoms with Crippen molar-refractivity contribution < 1.29 is 9.53 Å². The molecule has 16 heavy (non-hydrogen) atoms. The maximum Gasteiger partial charge on any atom is 0.228 e. The van der Waals surface area contributed by atoms with Gasteiger partial charge in [0.05, 0.1) is 18.6 Å². The number of rotatable bonds is 2. The molecule has 0 saturated carbocycles. The third-order valence-electron chi connectivity index (χ3n) is 2.68. The van der Waals surface area contributed by atoms with Gasteiger partial charge in [0.1, 0.15) is 0 Å². The Balaban J connectivity index is 1.94. The minimum Gasteiger partial charge on any atom is -0.372 e. The number of hydrogen-bond acceptors (Lipinski definition) is 3. The quantitative estimate of drug-likeness (QED) is 0.789. The highest BCUT2D eigenvalue weighted by molar-refractivity contribution is 7.10. The van der Waals surface area contributed by atoms with Crippen LogP contribution in [0.25, 0.3) is 0 Å². The van der Waals surface area contributed by atoms with Gasteiger partial charge in [0.25, 0.3) is 0 Å². The van der Waals surface area contributed by atoms with Crippen LogP contribution in [-0.4, -0.2) is 36.1 Å². The van der Waals surface area contributed by atoms with E-state index in [9.17, 15) is 4.79 Å². The van der Waals surface area contributed by atoms with E-state index in [4.69, 9.17) is 4.74 Å². The molecule has 1 aliphatic heterocycles. The standard InChI is InChI=1S/C12H17NO2S/c1-9-7-13(8-10(2)15-9)12(14)6-11-4-3-5-16-11/h3-5,9-10H,6-8H2,1-2H3/t9-,10-/m1/s1. The molecular weight excluding hydrogens is 222 g/mol. The summed E-state index contributed by atoms with van der Waals surface area (Å²) in [5.74, 6) is 0.212. The molecule has 0 spiro atoms. The highest BCUT2D eigenvalue weighted by Gasteiger charge is 2.25. The van der Waals surface area contributed by atoms with Crippen molar-refractivity contribution in [2.45, 2.75) is 32.5 Å². The van der Waals surface area contributed by atoms with Gasteiger partial charge in [0.15, 0.2) is 0 Å². The molecule has 1 aromatic rings. The van der Waals surface area contributed by atoms with Gasteiger partial charge < -0.3 is 9.64 Å². The second kappa shape index (κ2) is 4.97. The summed E-state index contributed by atoms with van der Waals surface area (Å²) in [6, 6.07) is 3.99. The van der Waals surface area contributed by atoms with E-state index in [1.165, 1.54) is 0 Å². The lowest BCUT2D eigenvalue weighted by atomic mass is 10.2. The Labute approximate surface area is 100 Å². The normalized spacial score (nSPS) is 25.8. The maximum absolute atomic E-state index is 12.0. The van der Waals surface area contributed by atoms with Crippen LogP contribution in [0.1, 0.15) is 18.7 Å². The van der Waals surface area contributed by atoms with E-state index >= 15 is 0 Å². The number of thiophene rings is 1. The van der Waals surface area contributed by atoms with Gasteiger partial charge in [-0.1, -0.05) is 6.07 Å². The van der Waals surface area contributed by atoms with Crippen LogP contribution in [0.3, 0.4) is 0 Å². The Morgan fingerprint density at radius 1 is 1.50 bits per heavy atom. The molecule has 0 bridgehead atoms. The van der Waals surface area contributed by atoms with Crippen molar-refractivity contribution in [3.05, 3.63) is 22.4 Å². The van der Waals surface area contributed by atoms with Crippen LogP contribution in [0.15, 0.2) is 17.5 Å². The monoisotopic (exact) mass is 239 g/mol. The van der Waals surface area contributed by atoms with Crippen molar-refractivity contribution in [2.24, 2.45) is 0 Å². The molecule has 88 valence electrons. The zero-order valence-electron chi connectivity index (χ0n) is 9.68. The molecule has 1 amide bonds. The lowest BCUT2D eigenvalue weighted by Crippen LogP contribution is -2.48. The third-order valence-corrected chi connectivity index (χ3v) is 3.55. The minimum absolute atomic E-state index is 0.149. The van der Waals surface area contributed by atoms with Crippen molar-refractivity contribution in [3.63, 3.8) is 0 Å². The predicted octanol–water partition coefficient (Wildman–Crippen LogP) is 1.93. The molecule has 4 heteroatoms. The molecule has 1 aromatic heterocycles. The number of nitrogens with zero attached hydrogens (tertiary/aromatic N) is 1. The summed E-state index contributed by atoms with van der Waals surface area (Å²) in [5.41, 5.74) is 0. The maximum atomic E-state index is 12.0. The van der Waals surface area contributed by atoms with E-state index in [1.54, 1.807) is 11.3 Å². The zero-order valence-corrected chi connectivity index (χ0v) is 10.5. The molecular formula is C12H17NO2S. The van der Waals surface area contributed by atoms with Crippen LogP contribution < -0.4 is 0 Å². The summed E-state index contributed by atoms with van der Waals surface area (Å²) in [6.45, 7) is 5.46. The largest absolute Gasteiger partial charge is 0.372 e. The molecule has 3 nitrogen and oxygen atoms in total. The minimum atomic E-state index is 0.149. The molecule has 0 radical (unpaired) electrons. The number of carbonyl (C=O) groups is 1. The van der Waals surface area contributed by atoms with Gasteiger partial charge in [-0.25, -0.2) is 0 Å². The Bertz CT molecular complexity index is 340. The SMILES string of the molecule is C[C@@H]1CN(C(=O)Cc2cccs2)C[C@@H](C)O1. The molecule has 1 fully saturated rings. The van der Waals surface area contributed by atoms with Gasteiger partial charge in [-0.2, -0.15) is 0 Å². The first-order valence-corrected chi connectivity index (χ1v) is 6.48. The van der Waals surface area contributed by atoms with Crippen molar-refractivity contribution in [2.75, 3.05) is 13.1 Å². The van der Waals surface area contributed by atoms with Gasteiger partial charge >= 0.3 is 0 Å². The fourth-order valence-corrected chi connectivity index (χ4v) is 2.75. The van der Waals surface area contributed by atoms with Crippen LogP contribution in [0.5, 0.6) is 0 Å². The summed E-state index contributed by atoms with van der Waals surface area (Å²) in [4.78, 5) is 15.1. The van der Waals surface area contributed by atoms with Crippen molar-refractivity contribution in [3.8, 4) is 0 Å². The first-order chi connectivity index (χ1) is 7.65. The highest BCUT2D eigenvalue weighted by atomic mass is 32.1. The molecule has 0 unspecified atom stereocenters. The number of morpholine rings is 1. The number of carbonyl (C=O) groups excluding carboxylic acids is 1. The van der Waals surface area contributed by atoms with E-state index in [0.717, 1.165) is 4.88 Å². The van der Waals surface area contributed by atoms with Gasteiger partial charge in [-0.15, -0.1) is 11.3 Å². The molecule has 0 aliphatic carbocycles. The summed E-state index contributed by atoms with van der Waals surface area (Å²) >= 11 is 1.64. The summed E-state index contributed by atoms with van der Waals surface area (Å²) < 4.78 is 5.61. The second-order valence-electron chi connectivity index (χ2n) is 4.31. The average Bonchev–Trinajstić information content (AvgIpc) is 2.68. The third kappa shape index (κ3) is 2.83. The second-order valence-corrected chi connectivity index (χ2v) is 5.34. The number of hydrogen-bond donors (Lipinski definition) is 0. The van der Waals surface area contributed by atoms with Crippen molar-refractivity contribution in [1.82, 2.24) is 4.90 Å². The number of ether oxygens (including phenoxy) is 1. The Hall–Kier alpha value is -0.870. The van der Waals surface area contributed by atoms with Gasteiger partial charge in [0, 0.05) is 18.0 Å². The lowest BCUT2D eigenvalue weighted by molar-refractivity contribution is -0.142. The van der Waals surface area contributed by atoms with E-state index in [1.807, 2.05) is 36.3 Å². The topological polar surface area (TPSA) is 29.5 Å². The smallest absolute Gasteiger partial charge is 0.228 e. The molecule has 2 atom stereocenters. The molecule has 0 N–H and O–H groups in total. The Morgan fingerprint density at radius 2 is 2.19 bits per heavy atom. The number of amides is 1. The van der Waals surface area contributed by atoms with Crippen LogP contribution in [-0.2, 0) is 16.0 Å². The summed E-state index contributed by atoms with van der Waals surface area (Å²) in [6.07, 6.45) is 0.823. The van der Waals surface area contributed by atoms with Crippen molar-refractivity contribution in [1.29, 1.82) is 0 Å². The Kier molecular flexibility index (Phi) is 3.61. The van der Waals surface area contributed by atoms with E-state index in [-0.39, 0.29) is 18.1 Å². The fourth-order valence-electron chi connectivity index (χ4n) is 2.06. The zero-order chi connectivity index (χ0) is 11.5. The van der Waals surface area contributed by atoms with Gasteiger partial charge in [-0.05, 0) is 25.3 Å². The van der Waals surface area contributed by atoms with Crippen molar-refractivity contribution >= 4 is 17.2 Å². The molecule has 2 heterocycles. The summed E-state index contributed by atoms with van der Waals surface area (Å²) in [7, 11) is 0. The first-order valence-electron chi connectivity index (χ1n) is 5.61. The predicted molar refractivity (Wildman–Crippen MR) is 64.6 cm³/mol. The molecule has 0 aromatic carbocycles. The Morgan fingerprint density at radius 3 is 2.75 bits per heavy atom. The first kappa shape index (κ1) is 11.6. The fraction of sp³-hybridized carbons (Fsp3) is 0.583. The van der Waals surface area contributed by atoms with Crippen LogP contribution in [0.4, 0.5) is 0 Å². The van der Waals surface area contributed by atoms with Crippen LogP contribution in [0.2, 0.25) is 0 Å². The van der Waals surface area contributed by atoms with Crippen LogP contribution in [0, 0.1) is 0 Å². The van der Waals surface area contributed by atoms with E-state index in [2.05, 4.69) is 0 Å². The lowest BCUT2D eigenvalue weighted by Gasteiger charge is -2.35. The van der Waals surface area contributed by atoms with Gasteiger partial charge in [-0.3, -0.25) is 4.79 Å². The van der Waals surface area contributed by atoms with Gasteiger partial charge in [0.2, 0.25) is 5.91 Å². The summed E-state index contributed by atoms with van der Waals surface area (Å²) in [5, 5.41) is 2.01.